The van der Waals surface area contributed by atoms with Gasteiger partial charge in [-0.1, -0.05) is 34.1 Å². The fourth-order valence-corrected chi connectivity index (χ4v) is 8.09. The van der Waals surface area contributed by atoms with Gasteiger partial charge >= 0.3 is 0 Å². The van der Waals surface area contributed by atoms with Gasteiger partial charge in [-0.25, -0.2) is 0 Å². The van der Waals surface area contributed by atoms with Crippen LogP contribution >= 0.6 is 15.9 Å². The van der Waals surface area contributed by atoms with E-state index in [1.54, 1.807) is 0 Å². The van der Waals surface area contributed by atoms with Crippen LogP contribution in [0.25, 0.3) is 45.1 Å². The van der Waals surface area contributed by atoms with E-state index in [2.05, 4.69) is 46.3 Å². The summed E-state index contributed by atoms with van der Waals surface area (Å²) in [4.78, 5) is 36.2. The van der Waals surface area contributed by atoms with E-state index in [0.29, 0.717) is 24.4 Å². The van der Waals surface area contributed by atoms with Gasteiger partial charge in [0.25, 0.3) is 11.8 Å². The molecular weight excluding hydrogens is 812 g/mol. The summed E-state index contributed by atoms with van der Waals surface area (Å²) in [5.74, 6) is 1.54. The summed E-state index contributed by atoms with van der Waals surface area (Å²) in [5, 5.41) is 7.94. The number of carbonyl (C=O) groups excluding carboxylic acids is 2. The topological polar surface area (TPSA) is 133 Å². The van der Waals surface area contributed by atoms with Crippen LogP contribution in [0.4, 0.5) is 11.4 Å². The number of para-hydroxylation sites is 1. The van der Waals surface area contributed by atoms with Crippen molar-refractivity contribution in [1.29, 1.82) is 0 Å². The minimum Gasteiger partial charge on any atom is -0.492 e. The van der Waals surface area contributed by atoms with Crippen LogP contribution in [-0.2, 0) is 19.1 Å². The molecule has 4 N–H and O–H groups in total. The molecule has 13 heteroatoms. The van der Waals surface area contributed by atoms with Crippen LogP contribution in [0.2, 0.25) is 0 Å². The van der Waals surface area contributed by atoms with Crippen molar-refractivity contribution in [3.05, 3.63) is 118 Å². The lowest BCUT2D eigenvalue weighted by Gasteiger charge is -2.26. The molecule has 12 nitrogen and oxygen atoms in total. The van der Waals surface area contributed by atoms with Crippen molar-refractivity contribution in [1.82, 2.24) is 19.8 Å². The fourth-order valence-electron chi connectivity index (χ4n) is 7.73. The maximum absolute atomic E-state index is 12.4. The number of fused-ring (bicyclic) bond motifs is 4. The van der Waals surface area contributed by atoms with E-state index in [1.807, 2.05) is 103 Å². The Hall–Kier alpha value is -5.70. The van der Waals surface area contributed by atoms with Crippen molar-refractivity contribution >= 4 is 84.2 Å². The Labute approximate surface area is 350 Å². The Morgan fingerprint density at radius 3 is 1.66 bits per heavy atom. The van der Waals surface area contributed by atoms with Crippen LogP contribution < -0.4 is 20.1 Å². The van der Waals surface area contributed by atoms with Crippen molar-refractivity contribution in [3.8, 4) is 11.5 Å². The number of hydrogen-bond acceptors (Lipinski definition) is 8. The first-order chi connectivity index (χ1) is 28.9. The number of hydrogen-bond donors (Lipinski definition) is 4. The predicted octanol–water partition coefficient (Wildman–Crippen LogP) is 7.51. The third-order valence-corrected chi connectivity index (χ3v) is 11.4. The molecule has 2 fully saturated rings. The van der Waals surface area contributed by atoms with Crippen molar-refractivity contribution in [3.63, 3.8) is 0 Å². The number of nitrogens with one attached hydrogen (secondary N) is 4. The Bertz CT molecular complexity index is 2570. The molecule has 4 aromatic carbocycles. The molecule has 0 radical (unpaired) electrons. The quantitative estimate of drug-likeness (QED) is 0.104. The molecule has 0 bridgehead atoms. The van der Waals surface area contributed by atoms with Crippen LogP contribution in [0.3, 0.4) is 0 Å². The number of halogens is 1. The zero-order chi connectivity index (χ0) is 40.1. The Balaban J connectivity index is 0.000000152. The monoisotopic (exact) mass is 856 g/mol. The lowest BCUT2D eigenvalue weighted by Crippen LogP contribution is -2.38. The molecule has 6 aromatic rings. The largest absolute Gasteiger partial charge is 0.492 e. The molecule has 0 aliphatic carbocycles. The van der Waals surface area contributed by atoms with Gasteiger partial charge in [-0.15, -0.1) is 0 Å². The Morgan fingerprint density at radius 2 is 1.10 bits per heavy atom. The standard InChI is InChI=1S/C23H22BrN3O3.C23H23N3O3/c24-16-1-3-22-19(13-16)20(23(28)26-22)14-17-11-15-12-18(2-4-21(15)25-17)30-10-7-27-5-8-29-9-6-27;27-23-20(19-3-1-2-4-22(19)25-23)15-17-13-16-14-18(5-6-21(16)24-17)29-12-9-26-7-10-28-11-8-26/h1-4,11-14,25H,5-10H2,(H,26,28);1-6,13-15,24H,7-12H2,(H,25,27). The minimum absolute atomic E-state index is 0.0722. The fraction of sp³-hybridized carbons (Fsp3) is 0.261. The smallest absolute Gasteiger partial charge is 0.256 e. The van der Waals surface area contributed by atoms with E-state index < -0.39 is 0 Å². The van der Waals surface area contributed by atoms with E-state index in [1.165, 1.54) is 0 Å². The molecule has 2 amide bonds. The molecule has 4 aliphatic rings. The highest BCUT2D eigenvalue weighted by atomic mass is 79.9. The van der Waals surface area contributed by atoms with Gasteiger partial charge in [0.1, 0.15) is 24.7 Å². The number of H-pyrrole nitrogens is 2. The Kier molecular flexibility index (Phi) is 11.6. The van der Waals surface area contributed by atoms with E-state index >= 15 is 0 Å². The normalized spacial score (nSPS) is 18.1. The lowest BCUT2D eigenvalue weighted by molar-refractivity contribution is -0.111. The predicted molar refractivity (Wildman–Crippen MR) is 236 cm³/mol. The van der Waals surface area contributed by atoms with E-state index in [-0.39, 0.29) is 11.8 Å². The average molecular weight is 858 g/mol. The number of benzene rings is 4. The first-order valence-electron chi connectivity index (χ1n) is 20.0. The molecule has 302 valence electrons. The molecule has 4 aliphatic heterocycles. The number of rotatable bonds is 10. The first-order valence-corrected chi connectivity index (χ1v) is 20.8. The minimum atomic E-state index is -0.0890. The number of ether oxygens (including phenoxy) is 4. The molecule has 10 rings (SSSR count). The van der Waals surface area contributed by atoms with Gasteiger partial charge in [-0.05, 0) is 84.9 Å². The molecular formula is C46H45BrN6O6. The van der Waals surface area contributed by atoms with Gasteiger partial charge in [0.15, 0.2) is 0 Å². The molecule has 6 heterocycles. The highest BCUT2D eigenvalue weighted by Gasteiger charge is 2.25. The second kappa shape index (κ2) is 17.7. The van der Waals surface area contributed by atoms with Gasteiger partial charge in [0.05, 0.1) is 37.6 Å². The van der Waals surface area contributed by atoms with Gasteiger partial charge in [-0.2, -0.15) is 0 Å². The molecule has 2 saturated heterocycles. The van der Waals surface area contributed by atoms with Crippen molar-refractivity contribution < 1.29 is 28.5 Å². The summed E-state index contributed by atoms with van der Waals surface area (Å²) in [6.07, 6.45) is 3.80. The summed E-state index contributed by atoms with van der Waals surface area (Å²) in [5.41, 5.74) is 8.66. The first kappa shape index (κ1) is 38.8. The zero-order valence-corrected chi connectivity index (χ0v) is 34.1. The van der Waals surface area contributed by atoms with Crippen molar-refractivity contribution in [2.75, 3.05) is 89.5 Å². The van der Waals surface area contributed by atoms with E-state index in [4.69, 9.17) is 18.9 Å². The van der Waals surface area contributed by atoms with Gasteiger partial charge in [0.2, 0.25) is 0 Å². The maximum Gasteiger partial charge on any atom is 0.256 e. The van der Waals surface area contributed by atoms with E-state index in [9.17, 15) is 9.59 Å². The molecule has 0 atom stereocenters. The van der Waals surface area contributed by atoms with Crippen LogP contribution in [0.15, 0.2) is 95.5 Å². The number of morpholine rings is 2. The summed E-state index contributed by atoms with van der Waals surface area (Å²) >= 11 is 3.48. The summed E-state index contributed by atoms with van der Waals surface area (Å²) in [6.45, 7) is 10.2. The van der Waals surface area contributed by atoms with Crippen LogP contribution in [0.5, 0.6) is 11.5 Å². The highest BCUT2D eigenvalue weighted by molar-refractivity contribution is 9.10. The van der Waals surface area contributed by atoms with Gasteiger partial charge in [0, 0.05) is 99.4 Å². The number of carbonyl (C=O) groups is 2. The molecule has 0 spiro atoms. The number of amides is 2. The van der Waals surface area contributed by atoms with Gasteiger partial charge < -0.3 is 39.5 Å². The molecule has 59 heavy (non-hydrogen) atoms. The molecule has 2 aromatic heterocycles. The SMILES string of the molecule is O=C1Nc2ccc(Br)cc2C1=Cc1cc2cc(OCCN3CCOCC3)ccc2[nH]1.O=C1Nc2ccccc2C1=Cc1cc2cc(OCCN3CCOCC3)ccc2[nH]1. The zero-order valence-electron chi connectivity index (χ0n) is 32.5. The summed E-state index contributed by atoms with van der Waals surface area (Å²) in [7, 11) is 0. The number of nitrogens with zero attached hydrogens (tertiary/aromatic N) is 2. The molecule has 0 unspecified atom stereocenters. The van der Waals surface area contributed by atoms with Crippen LogP contribution in [0, 0.1) is 0 Å². The second-order valence-corrected chi connectivity index (χ2v) is 15.7. The molecule has 0 saturated carbocycles. The van der Waals surface area contributed by atoms with Crippen molar-refractivity contribution in [2.45, 2.75) is 0 Å². The third kappa shape index (κ3) is 9.14. The highest BCUT2D eigenvalue weighted by Crippen LogP contribution is 2.36. The van der Waals surface area contributed by atoms with Crippen LogP contribution in [0.1, 0.15) is 22.5 Å². The number of aromatic nitrogens is 2. The lowest BCUT2D eigenvalue weighted by atomic mass is 10.1. The van der Waals surface area contributed by atoms with Gasteiger partial charge in [-0.3, -0.25) is 19.4 Å². The number of anilines is 2. The summed E-state index contributed by atoms with van der Waals surface area (Å²) < 4.78 is 23.6. The summed E-state index contributed by atoms with van der Waals surface area (Å²) in [6, 6.07) is 29.7. The Morgan fingerprint density at radius 1 is 0.593 bits per heavy atom. The van der Waals surface area contributed by atoms with Crippen molar-refractivity contribution in [2.24, 2.45) is 0 Å². The maximum atomic E-state index is 12.4. The second-order valence-electron chi connectivity index (χ2n) is 14.8. The number of aromatic amines is 2. The van der Waals surface area contributed by atoms with E-state index in [0.717, 1.165) is 137 Å². The third-order valence-electron chi connectivity index (χ3n) is 10.9. The average Bonchev–Trinajstić information content (AvgIpc) is 4.01. The van der Waals surface area contributed by atoms with Crippen LogP contribution in [-0.4, -0.2) is 110 Å².